The monoisotopic (exact) mass is 301 g/mol. The molecule has 1 N–H and O–H groups in total. The lowest BCUT2D eigenvalue weighted by Gasteiger charge is -2.18. The minimum atomic E-state index is -0.558. The fourth-order valence-corrected chi connectivity index (χ4v) is 2.52. The van der Waals surface area contributed by atoms with Crippen molar-refractivity contribution in [1.82, 2.24) is 15.0 Å². The number of rotatable bonds is 3. The summed E-state index contributed by atoms with van der Waals surface area (Å²) in [5.74, 6) is -0.315. The van der Waals surface area contributed by atoms with Crippen molar-refractivity contribution in [3.05, 3.63) is 35.5 Å². The molecule has 0 aliphatic rings. The van der Waals surface area contributed by atoms with Crippen molar-refractivity contribution in [2.24, 2.45) is 12.5 Å². The Labute approximate surface area is 130 Å². The highest BCUT2D eigenvalue weighted by Gasteiger charge is 2.32. The van der Waals surface area contributed by atoms with Gasteiger partial charge in [0.1, 0.15) is 5.69 Å². The first-order valence-electron chi connectivity index (χ1n) is 7.25. The molecule has 1 amide bonds. The number of benzene rings is 1. The quantitative estimate of drug-likeness (QED) is 0.700. The number of hydrogen-bond donors (Lipinski definition) is 1. The molecule has 2 rings (SSSR count). The van der Waals surface area contributed by atoms with Crippen molar-refractivity contribution in [3.63, 3.8) is 0 Å². The number of hydrazine groups is 1. The van der Waals surface area contributed by atoms with Gasteiger partial charge in [-0.3, -0.25) is 15.0 Å². The van der Waals surface area contributed by atoms with Gasteiger partial charge in [0.2, 0.25) is 0 Å². The van der Waals surface area contributed by atoms with Crippen LogP contribution in [0.15, 0.2) is 24.3 Å². The van der Waals surface area contributed by atoms with Gasteiger partial charge in [0, 0.05) is 37.5 Å². The van der Waals surface area contributed by atoms with Crippen LogP contribution < -0.4 is 5.43 Å². The average Bonchev–Trinajstić information content (AvgIpc) is 2.70. The Kier molecular flexibility index (Phi) is 4.11. The van der Waals surface area contributed by atoms with Crippen LogP contribution in [-0.2, 0) is 7.05 Å². The maximum Gasteiger partial charge on any atom is 0.282 e. The van der Waals surface area contributed by atoms with Gasteiger partial charge in [0.15, 0.2) is 5.78 Å². The van der Waals surface area contributed by atoms with Crippen LogP contribution >= 0.6 is 0 Å². The number of aryl methyl sites for hydroxylation is 1. The van der Waals surface area contributed by atoms with Crippen LogP contribution in [0.1, 0.15) is 41.6 Å². The molecule has 1 aromatic carbocycles. The molecule has 5 heteroatoms. The zero-order valence-electron chi connectivity index (χ0n) is 14.0. The first-order valence-corrected chi connectivity index (χ1v) is 7.25. The lowest BCUT2D eigenvalue weighted by atomic mass is 9.85. The summed E-state index contributed by atoms with van der Waals surface area (Å²) in [4.78, 5) is 25.5. The third kappa shape index (κ3) is 2.76. The highest BCUT2D eigenvalue weighted by atomic mass is 16.2. The zero-order valence-corrected chi connectivity index (χ0v) is 14.0. The van der Waals surface area contributed by atoms with Gasteiger partial charge in [-0.25, -0.2) is 5.01 Å². The predicted molar refractivity (Wildman–Crippen MR) is 87.9 cm³/mol. The Bertz CT molecular complexity index is 736. The number of para-hydroxylation sites is 1. The van der Waals surface area contributed by atoms with Crippen molar-refractivity contribution in [2.45, 2.75) is 20.8 Å². The van der Waals surface area contributed by atoms with E-state index >= 15 is 0 Å². The standard InChI is InChI=1S/C17H23N3O2/c1-17(2,3)15(21)13-11-9-7-8-10-12(11)20(6)14(13)16(22)18-19(4)5/h7-10H,1-6H3,(H,18,22). The molecule has 2 aromatic rings. The number of Topliss-reactive ketones (excluding diaryl/α,β-unsaturated/α-hetero) is 1. The van der Waals surface area contributed by atoms with E-state index in [2.05, 4.69) is 5.43 Å². The number of ketones is 1. The second-order valence-corrected chi connectivity index (χ2v) is 6.71. The molecule has 0 aliphatic carbocycles. The number of carbonyl (C=O) groups excluding carboxylic acids is 2. The van der Waals surface area contributed by atoms with Crippen molar-refractivity contribution in [2.75, 3.05) is 14.1 Å². The number of fused-ring (bicyclic) bond motifs is 1. The van der Waals surface area contributed by atoms with Gasteiger partial charge in [-0.15, -0.1) is 0 Å². The number of carbonyl (C=O) groups is 2. The van der Waals surface area contributed by atoms with Crippen LogP contribution in [0.5, 0.6) is 0 Å². The summed E-state index contributed by atoms with van der Waals surface area (Å²) in [7, 11) is 5.30. The number of hydrogen-bond acceptors (Lipinski definition) is 3. The van der Waals surface area contributed by atoms with Crippen LogP contribution in [0.2, 0.25) is 0 Å². The molecule has 22 heavy (non-hydrogen) atoms. The average molecular weight is 301 g/mol. The number of nitrogens with one attached hydrogen (secondary N) is 1. The third-order valence-electron chi connectivity index (χ3n) is 3.56. The molecule has 0 aliphatic heterocycles. The summed E-state index contributed by atoms with van der Waals surface area (Å²) in [6.45, 7) is 5.60. The topological polar surface area (TPSA) is 54.3 Å². The molecule has 0 saturated heterocycles. The Morgan fingerprint density at radius 2 is 1.73 bits per heavy atom. The summed E-state index contributed by atoms with van der Waals surface area (Å²) >= 11 is 0. The summed E-state index contributed by atoms with van der Waals surface area (Å²) < 4.78 is 1.78. The summed E-state index contributed by atoms with van der Waals surface area (Å²) in [5, 5.41) is 2.39. The van der Waals surface area contributed by atoms with Crippen LogP contribution in [0.25, 0.3) is 10.9 Å². The first kappa shape index (κ1) is 16.2. The van der Waals surface area contributed by atoms with Gasteiger partial charge in [-0.05, 0) is 6.07 Å². The van der Waals surface area contributed by atoms with E-state index in [9.17, 15) is 9.59 Å². The summed E-state index contributed by atoms with van der Waals surface area (Å²) in [5.41, 5.74) is 3.93. The van der Waals surface area contributed by atoms with Crippen molar-refractivity contribution < 1.29 is 9.59 Å². The van der Waals surface area contributed by atoms with Crippen LogP contribution in [-0.4, -0.2) is 35.4 Å². The van der Waals surface area contributed by atoms with Crippen LogP contribution in [0.4, 0.5) is 0 Å². The highest BCUT2D eigenvalue weighted by molar-refractivity contribution is 6.17. The van der Waals surface area contributed by atoms with Gasteiger partial charge >= 0.3 is 0 Å². The van der Waals surface area contributed by atoms with E-state index in [0.29, 0.717) is 11.3 Å². The molecule has 0 radical (unpaired) electrons. The summed E-state index contributed by atoms with van der Waals surface area (Å²) in [6, 6.07) is 7.60. The highest BCUT2D eigenvalue weighted by Crippen LogP contribution is 2.31. The minimum Gasteiger partial charge on any atom is -0.339 e. The molecule has 118 valence electrons. The van der Waals surface area contributed by atoms with Gasteiger partial charge in [-0.1, -0.05) is 39.0 Å². The van der Waals surface area contributed by atoms with Crippen molar-refractivity contribution in [3.8, 4) is 0 Å². The predicted octanol–water partition coefficient (Wildman–Crippen LogP) is 2.61. The molecule has 5 nitrogen and oxygen atoms in total. The van der Waals surface area contributed by atoms with E-state index < -0.39 is 5.41 Å². The van der Waals surface area contributed by atoms with E-state index in [1.54, 1.807) is 23.7 Å². The fraction of sp³-hybridized carbons (Fsp3) is 0.412. The Balaban J connectivity index is 2.76. The second kappa shape index (κ2) is 5.57. The molecule has 0 atom stereocenters. The Morgan fingerprint density at radius 3 is 2.27 bits per heavy atom. The molecule has 0 fully saturated rings. The lowest BCUT2D eigenvalue weighted by molar-refractivity contribution is 0.0817. The number of nitrogens with zero attached hydrogens (tertiary/aromatic N) is 2. The SMILES string of the molecule is CN(C)NC(=O)c1c(C(=O)C(C)(C)C)c2ccccc2n1C. The fourth-order valence-electron chi connectivity index (χ4n) is 2.52. The summed E-state index contributed by atoms with van der Waals surface area (Å²) in [6.07, 6.45) is 0. The molecule has 0 saturated carbocycles. The number of amides is 1. The smallest absolute Gasteiger partial charge is 0.282 e. The van der Waals surface area contributed by atoms with Gasteiger partial charge in [0.05, 0.1) is 5.56 Å². The van der Waals surface area contributed by atoms with Gasteiger partial charge in [0.25, 0.3) is 5.91 Å². The Hall–Kier alpha value is -2.14. The molecule has 1 aromatic heterocycles. The van der Waals surface area contributed by atoms with E-state index in [4.69, 9.17) is 0 Å². The molecule has 0 bridgehead atoms. The van der Waals surface area contributed by atoms with Crippen LogP contribution in [0, 0.1) is 5.41 Å². The molecular formula is C17H23N3O2. The van der Waals surface area contributed by atoms with Crippen LogP contribution in [0.3, 0.4) is 0 Å². The molecule has 0 unspecified atom stereocenters. The van der Waals surface area contributed by atoms with Gasteiger partial charge < -0.3 is 4.57 Å². The zero-order chi connectivity index (χ0) is 16.7. The van der Waals surface area contributed by atoms with E-state index in [1.807, 2.05) is 52.1 Å². The molecule has 1 heterocycles. The molecular weight excluding hydrogens is 278 g/mol. The van der Waals surface area contributed by atoms with Gasteiger partial charge in [-0.2, -0.15) is 0 Å². The lowest BCUT2D eigenvalue weighted by Crippen LogP contribution is -2.38. The Morgan fingerprint density at radius 1 is 1.14 bits per heavy atom. The van der Waals surface area contributed by atoms with E-state index in [1.165, 1.54) is 0 Å². The second-order valence-electron chi connectivity index (χ2n) is 6.71. The third-order valence-corrected chi connectivity index (χ3v) is 3.56. The first-order chi connectivity index (χ1) is 10.1. The van der Waals surface area contributed by atoms with E-state index in [-0.39, 0.29) is 11.7 Å². The normalized spacial score (nSPS) is 12.0. The van der Waals surface area contributed by atoms with E-state index in [0.717, 1.165) is 10.9 Å². The van der Waals surface area contributed by atoms with Crippen molar-refractivity contribution in [1.29, 1.82) is 0 Å². The largest absolute Gasteiger partial charge is 0.339 e. The maximum absolute atomic E-state index is 12.9. The maximum atomic E-state index is 12.9. The number of aromatic nitrogens is 1. The van der Waals surface area contributed by atoms with Crippen molar-refractivity contribution >= 4 is 22.6 Å². The minimum absolute atomic E-state index is 0.0341. The molecule has 0 spiro atoms.